The van der Waals surface area contributed by atoms with Gasteiger partial charge in [-0.15, -0.1) is 0 Å². The normalized spacial score (nSPS) is 12.5. The summed E-state index contributed by atoms with van der Waals surface area (Å²) in [5.41, 5.74) is 3.16. The van der Waals surface area contributed by atoms with Gasteiger partial charge in [0, 0.05) is 11.9 Å². The van der Waals surface area contributed by atoms with Gasteiger partial charge in [-0.3, -0.25) is 0 Å². The van der Waals surface area contributed by atoms with Crippen molar-refractivity contribution in [1.82, 2.24) is 5.32 Å². The van der Waals surface area contributed by atoms with Crippen LogP contribution in [0, 0.1) is 0 Å². The van der Waals surface area contributed by atoms with E-state index in [9.17, 15) is 8.42 Å². The molecule has 2 N–H and O–H groups in total. The number of nitrogens with one attached hydrogen (secondary N) is 2. The molecule has 0 aromatic heterocycles. The van der Waals surface area contributed by atoms with Crippen LogP contribution in [-0.2, 0) is 16.3 Å². The van der Waals surface area contributed by atoms with Gasteiger partial charge >= 0.3 is 0 Å². The monoisotopic (exact) mass is 362 g/mol. The summed E-state index contributed by atoms with van der Waals surface area (Å²) in [6.45, 7) is 4.09. The molecule has 0 aliphatic rings. The topological polar surface area (TPSA) is 58.2 Å². The van der Waals surface area contributed by atoms with Crippen LogP contribution < -0.4 is 10.6 Å². The number of hydrogen-bond donors (Lipinski definition) is 2. The summed E-state index contributed by atoms with van der Waals surface area (Å²) in [5, 5.41) is 6.92. The Morgan fingerprint density at radius 1 is 1.17 bits per heavy atom. The highest BCUT2D eigenvalue weighted by molar-refractivity contribution is 7.90. The van der Waals surface area contributed by atoms with E-state index in [1.54, 1.807) is 24.3 Å². The Labute approximate surface area is 149 Å². The highest BCUT2D eigenvalue weighted by Crippen LogP contribution is 2.17. The van der Waals surface area contributed by atoms with Crippen molar-refractivity contribution in [1.29, 1.82) is 0 Å². The first-order valence-electron chi connectivity index (χ1n) is 7.76. The molecule has 0 heterocycles. The molecule has 0 fully saturated rings. The lowest BCUT2D eigenvalue weighted by Gasteiger charge is -2.18. The van der Waals surface area contributed by atoms with Crippen molar-refractivity contribution >= 4 is 32.9 Å². The molecule has 2 aromatic carbocycles. The summed E-state index contributed by atoms with van der Waals surface area (Å²) >= 11 is 5.36. The predicted octanol–water partition coefficient (Wildman–Crippen LogP) is 3.70. The second-order valence-corrected chi connectivity index (χ2v) is 8.14. The van der Waals surface area contributed by atoms with Gasteiger partial charge in [0.25, 0.3) is 0 Å². The van der Waals surface area contributed by atoms with Crippen molar-refractivity contribution in [2.45, 2.75) is 31.2 Å². The number of thiocarbonyl (C=S) groups is 1. The predicted molar refractivity (Wildman–Crippen MR) is 103 cm³/mol. The highest BCUT2D eigenvalue weighted by Gasteiger charge is 2.10. The molecule has 128 valence electrons. The van der Waals surface area contributed by atoms with E-state index < -0.39 is 9.84 Å². The third-order valence-corrected chi connectivity index (χ3v) is 5.10. The number of rotatable bonds is 5. The fourth-order valence-corrected chi connectivity index (χ4v) is 3.24. The first-order valence-corrected chi connectivity index (χ1v) is 10.1. The zero-order chi connectivity index (χ0) is 17.7. The van der Waals surface area contributed by atoms with Gasteiger partial charge in [0.15, 0.2) is 14.9 Å². The molecule has 0 bridgehead atoms. The minimum absolute atomic E-state index is 0.0343. The molecule has 0 saturated heterocycles. The lowest BCUT2D eigenvalue weighted by molar-refractivity contribution is 0.601. The van der Waals surface area contributed by atoms with Crippen LogP contribution in [-0.4, -0.2) is 19.8 Å². The molecule has 0 radical (unpaired) electrons. The Kier molecular flexibility index (Phi) is 5.96. The maximum Gasteiger partial charge on any atom is 0.175 e. The van der Waals surface area contributed by atoms with Crippen molar-refractivity contribution in [2.75, 3.05) is 11.6 Å². The van der Waals surface area contributed by atoms with Gasteiger partial charge in [-0.2, -0.15) is 0 Å². The van der Waals surface area contributed by atoms with Crippen LogP contribution in [0.3, 0.4) is 0 Å². The van der Waals surface area contributed by atoms with Gasteiger partial charge < -0.3 is 10.6 Å². The SMILES string of the molecule is CCc1cccc(NC(=S)N[C@H](C)c2ccc(S(C)(=O)=O)cc2)c1. The quantitative estimate of drug-likeness (QED) is 0.794. The van der Waals surface area contributed by atoms with E-state index in [1.807, 2.05) is 19.1 Å². The van der Waals surface area contributed by atoms with Crippen molar-refractivity contribution in [2.24, 2.45) is 0 Å². The Hall–Kier alpha value is -1.92. The van der Waals surface area contributed by atoms with E-state index in [2.05, 4.69) is 29.7 Å². The average Bonchev–Trinajstić information content (AvgIpc) is 2.54. The van der Waals surface area contributed by atoms with Crippen LogP contribution in [0.15, 0.2) is 53.4 Å². The molecule has 24 heavy (non-hydrogen) atoms. The van der Waals surface area contributed by atoms with E-state index in [-0.39, 0.29) is 6.04 Å². The molecule has 0 aliphatic carbocycles. The van der Waals surface area contributed by atoms with Gasteiger partial charge in [-0.05, 0) is 61.0 Å². The van der Waals surface area contributed by atoms with Crippen molar-refractivity contribution in [3.63, 3.8) is 0 Å². The molecule has 0 saturated carbocycles. The summed E-state index contributed by atoms with van der Waals surface area (Å²) < 4.78 is 23.0. The number of sulfone groups is 1. The molecular weight excluding hydrogens is 340 g/mol. The third-order valence-electron chi connectivity index (χ3n) is 3.75. The fourth-order valence-electron chi connectivity index (χ4n) is 2.32. The number of benzene rings is 2. The summed E-state index contributed by atoms with van der Waals surface area (Å²) in [7, 11) is -3.17. The van der Waals surface area contributed by atoms with Crippen LogP contribution in [0.4, 0.5) is 5.69 Å². The second-order valence-electron chi connectivity index (χ2n) is 5.72. The largest absolute Gasteiger partial charge is 0.356 e. The van der Waals surface area contributed by atoms with Crippen molar-refractivity contribution in [3.05, 3.63) is 59.7 Å². The first-order chi connectivity index (χ1) is 11.3. The van der Waals surface area contributed by atoms with Crippen LogP contribution in [0.2, 0.25) is 0 Å². The lowest BCUT2D eigenvalue weighted by Crippen LogP contribution is -2.30. The molecule has 0 unspecified atom stereocenters. The summed E-state index contributed by atoms with van der Waals surface area (Å²) in [6, 6.07) is 14.9. The van der Waals surface area contributed by atoms with E-state index in [0.717, 1.165) is 17.7 Å². The molecule has 0 spiro atoms. The lowest BCUT2D eigenvalue weighted by atomic mass is 10.1. The molecule has 2 rings (SSSR count). The Bertz CT molecular complexity index is 815. The molecule has 6 heteroatoms. The first kappa shape index (κ1) is 18.4. The molecular formula is C18H22N2O2S2. The summed E-state index contributed by atoms with van der Waals surface area (Å²) in [4.78, 5) is 0.315. The smallest absolute Gasteiger partial charge is 0.175 e. The number of anilines is 1. The highest BCUT2D eigenvalue weighted by atomic mass is 32.2. The Balaban J connectivity index is 2.00. The van der Waals surface area contributed by atoms with E-state index in [0.29, 0.717) is 10.0 Å². The molecule has 0 aliphatic heterocycles. The third kappa shape index (κ3) is 5.04. The van der Waals surface area contributed by atoms with E-state index >= 15 is 0 Å². The van der Waals surface area contributed by atoms with Crippen molar-refractivity contribution in [3.8, 4) is 0 Å². The van der Waals surface area contributed by atoms with Crippen molar-refractivity contribution < 1.29 is 8.42 Å². The summed E-state index contributed by atoms with van der Waals surface area (Å²) in [6.07, 6.45) is 2.17. The maximum absolute atomic E-state index is 11.5. The van der Waals surface area contributed by atoms with E-state index in [1.165, 1.54) is 11.8 Å². The van der Waals surface area contributed by atoms with E-state index in [4.69, 9.17) is 12.2 Å². The molecule has 2 aromatic rings. The number of aryl methyl sites for hydroxylation is 1. The van der Waals surface area contributed by atoms with Crippen LogP contribution in [0.5, 0.6) is 0 Å². The Morgan fingerprint density at radius 2 is 1.83 bits per heavy atom. The summed E-state index contributed by atoms with van der Waals surface area (Å²) in [5.74, 6) is 0. The number of hydrogen-bond acceptors (Lipinski definition) is 3. The standard InChI is InChI=1S/C18H22N2O2S2/c1-4-14-6-5-7-16(12-14)20-18(23)19-13(2)15-8-10-17(11-9-15)24(3,21)22/h5-13H,4H2,1-3H3,(H2,19,20,23)/t13-/m1/s1. The van der Waals surface area contributed by atoms with Gasteiger partial charge in [0.2, 0.25) is 0 Å². The molecule has 4 nitrogen and oxygen atoms in total. The van der Waals surface area contributed by atoms with Crippen LogP contribution in [0.1, 0.15) is 31.0 Å². The zero-order valence-electron chi connectivity index (χ0n) is 14.0. The van der Waals surface area contributed by atoms with Gasteiger partial charge in [-0.25, -0.2) is 8.42 Å². The Morgan fingerprint density at radius 3 is 2.42 bits per heavy atom. The zero-order valence-corrected chi connectivity index (χ0v) is 15.7. The van der Waals surface area contributed by atoms with Gasteiger partial charge in [0.1, 0.15) is 0 Å². The minimum Gasteiger partial charge on any atom is -0.356 e. The fraction of sp³-hybridized carbons (Fsp3) is 0.278. The van der Waals surface area contributed by atoms with Crippen LogP contribution >= 0.6 is 12.2 Å². The van der Waals surface area contributed by atoms with Gasteiger partial charge in [-0.1, -0.05) is 31.2 Å². The molecule has 1 atom stereocenters. The maximum atomic E-state index is 11.5. The van der Waals surface area contributed by atoms with Gasteiger partial charge in [0.05, 0.1) is 10.9 Å². The average molecular weight is 363 g/mol. The minimum atomic E-state index is -3.17. The molecule has 0 amide bonds. The van der Waals surface area contributed by atoms with Crippen LogP contribution in [0.25, 0.3) is 0 Å². The second kappa shape index (κ2) is 7.77.